The number of thiazole rings is 1. The summed E-state index contributed by atoms with van der Waals surface area (Å²) in [7, 11) is 0. The smallest absolute Gasteiger partial charge is 0.326 e. The van der Waals surface area contributed by atoms with Crippen LogP contribution >= 0.6 is 11.3 Å². The molecule has 100 valence electrons. The van der Waals surface area contributed by atoms with Gasteiger partial charge in [0.25, 0.3) is 0 Å². The lowest BCUT2D eigenvalue weighted by atomic mass is 10.0. The van der Waals surface area contributed by atoms with E-state index in [2.05, 4.69) is 10.3 Å². The molecule has 0 saturated heterocycles. The number of carboxylic acids is 1. The molecule has 0 saturated carbocycles. The second-order valence-corrected chi connectivity index (χ2v) is 5.39. The van der Waals surface area contributed by atoms with Crippen LogP contribution in [-0.4, -0.2) is 28.0 Å². The lowest BCUT2D eigenvalue weighted by Crippen LogP contribution is -2.44. The minimum Gasteiger partial charge on any atom is -0.480 e. The Morgan fingerprint density at radius 2 is 2.22 bits per heavy atom. The third-order valence-corrected chi connectivity index (χ3v) is 3.37. The first kappa shape index (κ1) is 14.6. The van der Waals surface area contributed by atoms with E-state index in [1.807, 2.05) is 5.38 Å². The van der Waals surface area contributed by atoms with Crippen LogP contribution in [0, 0.1) is 5.92 Å². The van der Waals surface area contributed by atoms with Gasteiger partial charge in [-0.05, 0) is 18.8 Å². The first-order chi connectivity index (χ1) is 8.50. The van der Waals surface area contributed by atoms with Crippen molar-refractivity contribution in [1.29, 1.82) is 0 Å². The van der Waals surface area contributed by atoms with Crippen molar-refractivity contribution in [2.24, 2.45) is 5.92 Å². The van der Waals surface area contributed by atoms with Crippen molar-refractivity contribution in [2.75, 3.05) is 0 Å². The van der Waals surface area contributed by atoms with Gasteiger partial charge in [-0.1, -0.05) is 13.8 Å². The minimum atomic E-state index is -0.988. The molecule has 18 heavy (non-hydrogen) atoms. The molecule has 0 spiro atoms. The van der Waals surface area contributed by atoms with Gasteiger partial charge in [-0.25, -0.2) is 9.78 Å². The molecule has 1 amide bonds. The number of hydrogen-bond acceptors (Lipinski definition) is 4. The number of amides is 1. The Labute approximate surface area is 110 Å². The van der Waals surface area contributed by atoms with E-state index in [9.17, 15) is 9.59 Å². The molecule has 0 aromatic carbocycles. The van der Waals surface area contributed by atoms with Crippen LogP contribution in [0.2, 0.25) is 0 Å². The Bertz CT molecular complexity index is 390. The van der Waals surface area contributed by atoms with Crippen LogP contribution < -0.4 is 5.32 Å². The zero-order valence-corrected chi connectivity index (χ0v) is 11.4. The third kappa shape index (κ3) is 4.83. The molecule has 1 aromatic rings. The molecule has 0 aliphatic rings. The average molecular weight is 270 g/mol. The average Bonchev–Trinajstić information content (AvgIpc) is 2.78. The molecule has 0 aliphatic heterocycles. The van der Waals surface area contributed by atoms with Crippen molar-refractivity contribution in [3.8, 4) is 0 Å². The molecule has 0 radical (unpaired) electrons. The van der Waals surface area contributed by atoms with Gasteiger partial charge < -0.3 is 10.4 Å². The van der Waals surface area contributed by atoms with Crippen molar-refractivity contribution < 1.29 is 14.7 Å². The topological polar surface area (TPSA) is 79.3 Å². The van der Waals surface area contributed by atoms with Crippen LogP contribution in [0.5, 0.6) is 0 Å². The number of hydrogen-bond donors (Lipinski definition) is 2. The number of aliphatic carboxylic acids is 1. The van der Waals surface area contributed by atoms with Crippen molar-refractivity contribution in [1.82, 2.24) is 10.3 Å². The molecule has 0 bridgehead atoms. The summed E-state index contributed by atoms with van der Waals surface area (Å²) in [5.41, 5.74) is 0. The monoisotopic (exact) mass is 270 g/mol. The number of nitrogens with zero attached hydrogens (tertiary/aromatic N) is 1. The lowest BCUT2D eigenvalue weighted by molar-refractivity contribution is -0.143. The summed E-state index contributed by atoms with van der Waals surface area (Å²) in [6, 6.07) is -0.808. The van der Waals surface area contributed by atoms with Crippen molar-refractivity contribution in [2.45, 2.75) is 39.2 Å². The van der Waals surface area contributed by atoms with Crippen LogP contribution in [0.3, 0.4) is 0 Å². The van der Waals surface area contributed by atoms with Crippen LogP contribution in [-0.2, 0) is 16.0 Å². The third-order valence-electron chi connectivity index (χ3n) is 2.53. The molecule has 5 nitrogen and oxygen atoms in total. The summed E-state index contributed by atoms with van der Waals surface area (Å²) in [5.74, 6) is -1.32. The highest BCUT2D eigenvalue weighted by molar-refractivity contribution is 7.09. The number of aromatic nitrogens is 1. The SMILES string of the molecule is CC(C)[C@@H](NC(=O)CCCc1nccs1)C(=O)O. The number of carbonyl (C=O) groups excluding carboxylic acids is 1. The summed E-state index contributed by atoms with van der Waals surface area (Å²) in [6.07, 6.45) is 3.50. The number of carbonyl (C=O) groups is 2. The Morgan fingerprint density at radius 1 is 1.50 bits per heavy atom. The van der Waals surface area contributed by atoms with E-state index in [1.54, 1.807) is 31.4 Å². The van der Waals surface area contributed by atoms with Gasteiger partial charge in [0.05, 0.1) is 5.01 Å². The van der Waals surface area contributed by atoms with E-state index < -0.39 is 12.0 Å². The van der Waals surface area contributed by atoms with Gasteiger partial charge in [0.15, 0.2) is 0 Å². The fourth-order valence-electron chi connectivity index (χ4n) is 1.54. The zero-order valence-electron chi connectivity index (χ0n) is 10.5. The van der Waals surface area contributed by atoms with Gasteiger partial charge in [0, 0.05) is 18.0 Å². The predicted molar refractivity (Wildman–Crippen MR) is 69.5 cm³/mol. The van der Waals surface area contributed by atoms with Gasteiger partial charge in [-0.2, -0.15) is 0 Å². The number of aryl methyl sites for hydroxylation is 1. The maximum absolute atomic E-state index is 11.6. The molecular formula is C12H18N2O3S. The maximum atomic E-state index is 11.6. The first-order valence-corrected chi connectivity index (χ1v) is 6.79. The van der Waals surface area contributed by atoms with Crippen LogP contribution in [0.25, 0.3) is 0 Å². The van der Waals surface area contributed by atoms with Gasteiger partial charge >= 0.3 is 5.97 Å². The molecule has 1 aromatic heterocycles. The molecule has 2 N–H and O–H groups in total. The highest BCUT2D eigenvalue weighted by atomic mass is 32.1. The van der Waals surface area contributed by atoms with Crippen molar-refractivity contribution in [3.63, 3.8) is 0 Å². The summed E-state index contributed by atoms with van der Waals surface area (Å²) >= 11 is 1.56. The normalized spacial score (nSPS) is 12.4. The van der Waals surface area contributed by atoms with Gasteiger partial charge in [0.1, 0.15) is 6.04 Å². The summed E-state index contributed by atoms with van der Waals surface area (Å²) in [4.78, 5) is 26.6. The Hall–Kier alpha value is -1.43. The molecule has 6 heteroatoms. The molecule has 0 aliphatic carbocycles. The largest absolute Gasteiger partial charge is 0.480 e. The minimum absolute atomic E-state index is 0.120. The second-order valence-electron chi connectivity index (χ2n) is 4.41. The fourth-order valence-corrected chi connectivity index (χ4v) is 2.20. The molecular weight excluding hydrogens is 252 g/mol. The van der Waals surface area contributed by atoms with Crippen molar-refractivity contribution in [3.05, 3.63) is 16.6 Å². The Kier molecular flexibility index (Phi) is 5.77. The van der Waals surface area contributed by atoms with Gasteiger partial charge in [0.2, 0.25) is 5.91 Å². The quantitative estimate of drug-likeness (QED) is 0.790. The van der Waals surface area contributed by atoms with Crippen molar-refractivity contribution >= 4 is 23.2 Å². The van der Waals surface area contributed by atoms with Crippen LogP contribution in [0.15, 0.2) is 11.6 Å². The number of rotatable bonds is 7. The Balaban J connectivity index is 2.30. The van der Waals surface area contributed by atoms with Crippen LogP contribution in [0.4, 0.5) is 0 Å². The van der Waals surface area contributed by atoms with Gasteiger partial charge in [-0.15, -0.1) is 11.3 Å². The van der Waals surface area contributed by atoms with E-state index in [4.69, 9.17) is 5.11 Å². The van der Waals surface area contributed by atoms with E-state index in [1.165, 1.54) is 0 Å². The predicted octanol–water partition coefficient (Wildman–Crippen LogP) is 1.69. The molecule has 0 unspecified atom stereocenters. The highest BCUT2D eigenvalue weighted by Crippen LogP contribution is 2.08. The number of nitrogens with one attached hydrogen (secondary N) is 1. The van der Waals surface area contributed by atoms with E-state index in [0.717, 1.165) is 11.4 Å². The maximum Gasteiger partial charge on any atom is 0.326 e. The highest BCUT2D eigenvalue weighted by Gasteiger charge is 2.22. The Morgan fingerprint density at radius 3 is 2.72 bits per heavy atom. The van der Waals surface area contributed by atoms with E-state index in [-0.39, 0.29) is 11.8 Å². The van der Waals surface area contributed by atoms with E-state index in [0.29, 0.717) is 12.8 Å². The molecule has 1 heterocycles. The molecule has 1 rings (SSSR count). The second kappa shape index (κ2) is 7.10. The summed E-state index contributed by atoms with van der Waals surface area (Å²) in [6.45, 7) is 3.54. The fraction of sp³-hybridized carbons (Fsp3) is 0.583. The number of carboxylic acid groups (broad SMARTS) is 1. The first-order valence-electron chi connectivity index (χ1n) is 5.91. The van der Waals surface area contributed by atoms with Crippen LogP contribution in [0.1, 0.15) is 31.7 Å². The standard InChI is InChI=1S/C12H18N2O3S/c1-8(2)11(12(16)17)14-9(15)4-3-5-10-13-6-7-18-10/h6-8,11H,3-5H2,1-2H3,(H,14,15)(H,16,17)/t11-/m1/s1. The molecule has 0 fully saturated rings. The van der Waals surface area contributed by atoms with Gasteiger partial charge in [-0.3, -0.25) is 4.79 Å². The lowest BCUT2D eigenvalue weighted by Gasteiger charge is -2.17. The zero-order chi connectivity index (χ0) is 13.5. The summed E-state index contributed by atoms with van der Waals surface area (Å²) < 4.78 is 0. The molecule has 1 atom stereocenters. The summed E-state index contributed by atoms with van der Waals surface area (Å²) in [5, 5.41) is 14.4. The van der Waals surface area contributed by atoms with E-state index >= 15 is 0 Å².